The molecule has 2 N–H and O–H groups in total. The maximum absolute atomic E-state index is 12.3. The molecule has 0 aliphatic heterocycles. The number of benzene rings is 2. The van der Waals surface area contributed by atoms with E-state index in [9.17, 15) is 9.90 Å². The van der Waals surface area contributed by atoms with Crippen molar-refractivity contribution in [1.82, 2.24) is 5.43 Å². The number of nitrogens with zero attached hydrogens (tertiary/aromatic N) is 1. The number of amides is 1. The molecule has 22 heavy (non-hydrogen) atoms. The van der Waals surface area contributed by atoms with Crippen molar-refractivity contribution in [3.8, 4) is 5.75 Å². The molecule has 1 atom stereocenters. The molecular weight excluding hydrogens is 276 g/mol. The molecule has 2 aromatic rings. The average molecular weight is 296 g/mol. The zero-order valence-corrected chi connectivity index (χ0v) is 12.7. The van der Waals surface area contributed by atoms with Crippen LogP contribution in [-0.4, -0.2) is 16.7 Å². The molecule has 1 fully saturated rings. The zero-order chi connectivity index (χ0) is 15.5. The zero-order valence-electron chi connectivity index (χ0n) is 12.7. The summed E-state index contributed by atoms with van der Waals surface area (Å²) in [4.78, 5) is 12.3. The number of hydrazone groups is 1. The number of aromatic hydroxyl groups is 1. The Morgan fingerprint density at radius 1 is 1.23 bits per heavy atom. The molecule has 0 bridgehead atoms. The van der Waals surface area contributed by atoms with Crippen molar-refractivity contribution in [2.75, 3.05) is 0 Å². The Labute approximate surface area is 129 Å². The highest BCUT2D eigenvalue weighted by molar-refractivity contribution is 6.04. The van der Waals surface area contributed by atoms with Gasteiger partial charge in [0.05, 0.1) is 5.56 Å². The second-order valence-corrected chi connectivity index (χ2v) is 5.87. The van der Waals surface area contributed by atoms with Gasteiger partial charge in [0.2, 0.25) is 0 Å². The third-order valence-corrected chi connectivity index (χ3v) is 4.34. The molecule has 114 valence electrons. The van der Waals surface area contributed by atoms with Gasteiger partial charge in [-0.25, -0.2) is 5.43 Å². The molecule has 4 nitrogen and oxygen atoms in total. The number of hydrogen-bond donors (Lipinski definition) is 2. The van der Waals surface area contributed by atoms with Crippen molar-refractivity contribution >= 4 is 22.4 Å². The molecule has 0 unspecified atom stereocenters. The molecule has 0 saturated heterocycles. The maximum atomic E-state index is 12.3. The lowest BCUT2D eigenvalue weighted by molar-refractivity contribution is 0.0952. The average Bonchev–Trinajstić information content (AvgIpc) is 2.54. The number of phenols is 1. The van der Waals surface area contributed by atoms with Gasteiger partial charge in [-0.15, -0.1) is 0 Å². The predicted molar refractivity (Wildman–Crippen MR) is 88.1 cm³/mol. The third-order valence-electron chi connectivity index (χ3n) is 4.34. The first-order valence-electron chi connectivity index (χ1n) is 7.74. The number of phenolic OH excluding ortho intramolecular Hbond substituents is 1. The van der Waals surface area contributed by atoms with E-state index in [0.29, 0.717) is 11.3 Å². The third kappa shape index (κ3) is 2.82. The van der Waals surface area contributed by atoms with E-state index in [4.69, 9.17) is 0 Å². The Hall–Kier alpha value is -2.36. The standard InChI is InChI=1S/C18H20N2O2/c1-12-6-2-5-9-16(12)19-20-18(22)15-11-10-13-7-3-4-8-14(13)17(15)21/h3-4,7-8,10-12,21H,2,5-6,9H2,1H3,(H,20,22)/b19-16+/t12-/m0/s1. The van der Waals surface area contributed by atoms with E-state index < -0.39 is 0 Å². The summed E-state index contributed by atoms with van der Waals surface area (Å²) in [5, 5.41) is 16.1. The molecular formula is C18H20N2O2. The van der Waals surface area contributed by atoms with Gasteiger partial charge >= 0.3 is 0 Å². The van der Waals surface area contributed by atoms with Crippen LogP contribution in [-0.2, 0) is 0 Å². The summed E-state index contributed by atoms with van der Waals surface area (Å²) in [5.74, 6) is 0.0558. The molecule has 0 radical (unpaired) electrons. The molecule has 4 heteroatoms. The lowest BCUT2D eigenvalue weighted by Gasteiger charge is -2.19. The van der Waals surface area contributed by atoms with Crippen molar-refractivity contribution in [3.63, 3.8) is 0 Å². The first kappa shape index (κ1) is 14.6. The molecule has 1 aliphatic rings. The number of fused-ring (bicyclic) bond motifs is 1. The highest BCUT2D eigenvalue weighted by atomic mass is 16.3. The van der Waals surface area contributed by atoms with Crippen molar-refractivity contribution < 1.29 is 9.90 Å². The van der Waals surface area contributed by atoms with Crippen LogP contribution in [0, 0.1) is 5.92 Å². The van der Waals surface area contributed by atoms with Crippen LogP contribution in [0.25, 0.3) is 10.8 Å². The van der Waals surface area contributed by atoms with E-state index in [1.54, 1.807) is 12.1 Å². The molecule has 1 saturated carbocycles. The van der Waals surface area contributed by atoms with E-state index in [1.165, 1.54) is 6.42 Å². The van der Waals surface area contributed by atoms with Gasteiger partial charge in [-0.3, -0.25) is 4.79 Å². The van der Waals surface area contributed by atoms with Crippen molar-refractivity contribution in [3.05, 3.63) is 42.0 Å². The van der Waals surface area contributed by atoms with Crippen LogP contribution in [0.15, 0.2) is 41.5 Å². The lowest BCUT2D eigenvalue weighted by atomic mass is 9.89. The van der Waals surface area contributed by atoms with Crippen LogP contribution in [0.1, 0.15) is 43.0 Å². The Kier molecular flexibility index (Phi) is 4.09. The van der Waals surface area contributed by atoms with Crippen LogP contribution in [0.4, 0.5) is 0 Å². The second-order valence-electron chi connectivity index (χ2n) is 5.87. The fourth-order valence-electron chi connectivity index (χ4n) is 2.96. The summed E-state index contributed by atoms with van der Waals surface area (Å²) in [6.07, 6.45) is 4.40. The number of carbonyl (C=O) groups excluding carboxylic acids is 1. The Morgan fingerprint density at radius 2 is 2.05 bits per heavy atom. The normalized spacial score (nSPS) is 20.2. The summed E-state index contributed by atoms with van der Waals surface area (Å²) < 4.78 is 0. The smallest absolute Gasteiger partial charge is 0.275 e. The summed E-state index contributed by atoms with van der Waals surface area (Å²) in [5.41, 5.74) is 3.89. The maximum Gasteiger partial charge on any atom is 0.275 e. The highest BCUT2D eigenvalue weighted by Gasteiger charge is 2.17. The van der Waals surface area contributed by atoms with Crippen LogP contribution in [0.2, 0.25) is 0 Å². The SMILES string of the molecule is C[C@H]1CCCC/C1=N\NC(=O)c1ccc2ccccc2c1O. The topological polar surface area (TPSA) is 61.7 Å². The molecule has 0 aromatic heterocycles. The molecule has 0 heterocycles. The number of nitrogens with one attached hydrogen (secondary N) is 1. The van der Waals surface area contributed by atoms with Crippen LogP contribution in [0.5, 0.6) is 5.75 Å². The number of carbonyl (C=O) groups is 1. The highest BCUT2D eigenvalue weighted by Crippen LogP contribution is 2.28. The van der Waals surface area contributed by atoms with E-state index in [1.807, 2.05) is 24.3 Å². The van der Waals surface area contributed by atoms with Crippen LogP contribution < -0.4 is 5.43 Å². The van der Waals surface area contributed by atoms with Gasteiger partial charge in [0.15, 0.2) is 0 Å². The molecule has 1 amide bonds. The van der Waals surface area contributed by atoms with E-state index in [-0.39, 0.29) is 17.2 Å². The number of hydrogen-bond acceptors (Lipinski definition) is 3. The van der Waals surface area contributed by atoms with Gasteiger partial charge < -0.3 is 5.11 Å². The molecule has 2 aromatic carbocycles. The molecule has 1 aliphatic carbocycles. The molecule has 3 rings (SSSR count). The minimum atomic E-state index is -0.367. The summed E-state index contributed by atoms with van der Waals surface area (Å²) in [6, 6.07) is 10.9. The first-order chi connectivity index (χ1) is 10.7. The van der Waals surface area contributed by atoms with Crippen LogP contribution >= 0.6 is 0 Å². The quantitative estimate of drug-likeness (QED) is 0.827. The number of rotatable bonds is 2. The van der Waals surface area contributed by atoms with Gasteiger partial charge in [0.25, 0.3) is 5.91 Å². The fourth-order valence-corrected chi connectivity index (χ4v) is 2.96. The monoisotopic (exact) mass is 296 g/mol. The first-order valence-corrected chi connectivity index (χ1v) is 7.74. The summed E-state index contributed by atoms with van der Waals surface area (Å²) >= 11 is 0. The van der Waals surface area contributed by atoms with Gasteiger partial charge in [-0.2, -0.15) is 5.10 Å². The summed E-state index contributed by atoms with van der Waals surface area (Å²) in [7, 11) is 0. The van der Waals surface area contributed by atoms with Crippen LogP contribution in [0.3, 0.4) is 0 Å². The van der Waals surface area contributed by atoms with Gasteiger partial charge in [0.1, 0.15) is 5.75 Å². The predicted octanol–water partition coefficient (Wildman–Crippen LogP) is 3.84. The largest absolute Gasteiger partial charge is 0.506 e. The van der Waals surface area contributed by atoms with Crippen molar-refractivity contribution in [2.24, 2.45) is 11.0 Å². The van der Waals surface area contributed by atoms with Gasteiger partial charge in [-0.05, 0) is 36.6 Å². The van der Waals surface area contributed by atoms with Crippen molar-refractivity contribution in [1.29, 1.82) is 0 Å². The Balaban J connectivity index is 1.83. The van der Waals surface area contributed by atoms with Gasteiger partial charge in [-0.1, -0.05) is 43.7 Å². The Bertz CT molecular complexity index is 737. The van der Waals surface area contributed by atoms with Gasteiger partial charge in [0, 0.05) is 11.1 Å². The second kappa shape index (κ2) is 6.18. The summed E-state index contributed by atoms with van der Waals surface area (Å²) in [6.45, 7) is 2.14. The van der Waals surface area contributed by atoms with E-state index in [0.717, 1.165) is 30.4 Å². The Morgan fingerprint density at radius 3 is 2.86 bits per heavy atom. The molecule has 0 spiro atoms. The minimum absolute atomic E-state index is 0.00694. The van der Waals surface area contributed by atoms with Crippen molar-refractivity contribution in [2.45, 2.75) is 32.6 Å². The minimum Gasteiger partial charge on any atom is -0.506 e. The lowest BCUT2D eigenvalue weighted by Crippen LogP contribution is -2.24. The van der Waals surface area contributed by atoms with E-state index >= 15 is 0 Å². The fraction of sp³-hybridized carbons (Fsp3) is 0.333. The van der Waals surface area contributed by atoms with E-state index in [2.05, 4.69) is 17.5 Å².